The smallest absolute Gasteiger partial charge is 0.275 e. The van der Waals surface area contributed by atoms with E-state index in [1.54, 1.807) is 0 Å². The summed E-state index contributed by atoms with van der Waals surface area (Å²) in [5.74, 6) is 3.11. The molecule has 0 saturated carbocycles. The zero-order valence-corrected chi connectivity index (χ0v) is 26.0. The van der Waals surface area contributed by atoms with Crippen molar-refractivity contribution in [2.45, 2.75) is 27.7 Å². The lowest BCUT2D eigenvalue weighted by molar-refractivity contribution is 0.510. The molecule has 0 bridgehead atoms. The van der Waals surface area contributed by atoms with Crippen molar-refractivity contribution in [3.05, 3.63) is 131 Å². The summed E-state index contributed by atoms with van der Waals surface area (Å²) in [7, 11) is -0.436. The van der Waals surface area contributed by atoms with E-state index in [0.29, 0.717) is 0 Å². The van der Waals surface area contributed by atoms with Gasteiger partial charge in [0, 0.05) is 11.1 Å². The summed E-state index contributed by atoms with van der Waals surface area (Å²) in [6.45, 7) is 8.26. The first-order valence-corrected chi connectivity index (χ1v) is 15.5. The Bertz CT molecular complexity index is 1760. The van der Waals surface area contributed by atoms with E-state index in [1.807, 2.05) is 24.3 Å². The first-order chi connectivity index (χ1) is 20.5. The fourth-order valence-electron chi connectivity index (χ4n) is 5.24. The third-order valence-electron chi connectivity index (χ3n) is 7.30. The molecule has 0 aliphatic rings. The molecule has 4 nitrogen and oxygen atoms in total. The van der Waals surface area contributed by atoms with E-state index in [-0.39, 0.29) is 18.1 Å². The van der Waals surface area contributed by atoms with Gasteiger partial charge in [-0.25, -0.2) is 0 Å². The van der Waals surface area contributed by atoms with E-state index in [1.165, 1.54) is 11.1 Å². The molecule has 2 unspecified atom stereocenters. The topological polar surface area (TPSA) is 36.9 Å². The zero-order valence-electron chi connectivity index (χ0n) is 24.0. The van der Waals surface area contributed by atoms with Crippen molar-refractivity contribution in [1.82, 2.24) is 0 Å². The van der Waals surface area contributed by atoms with Crippen molar-refractivity contribution in [3.63, 3.8) is 0 Å². The minimum atomic E-state index is -0.218. The van der Waals surface area contributed by atoms with Gasteiger partial charge in [0.15, 0.2) is 0 Å². The van der Waals surface area contributed by atoms with Crippen molar-refractivity contribution >= 4 is 39.6 Å². The maximum atomic E-state index is 6.41. The van der Waals surface area contributed by atoms with Crippen molar-refractivity contribution in [1.29, 1.82) is 0 Å². The molecular formula is C36H32O4P2. The molecule has 0 saturated heterocycles. The van der Waals surface area contributed by atoms with Crippen LogP contribution in [0.15, 0.2) is 109 Å². The van der Waals surface area contributed by atoms with Crippen molar-refractivity contribution < 1.29 is 18.1 Å². The lowest BCUT2D eigenvalue weighted by Gasteiger charge is -2.19. The minimum absolute atomic E-state index is 0.218. The predicted octanol–water partition coefficient (Wildman–Crippen LogP) is 10.8. The highest BCUT2D eigenvalue weighted by molar-refractivity contribution is 7.27. The number of benzene rings is 6. The molecule has 0 fully saturated rings. The molecule has 6 rings (SSSR count). The average molecular weight is 591 g/mol. The first-order valence-electron chi connectivity index (χ1n) is 13.8. The molecule has 210 valence electrons. The molecule has 0 N–H and O–H groups in total. The number of hydrogen-bond donors (Lipinski definition) is 0. The van der Waals surface area contributed by atoms with Gasteiger partial charge in [-0.1, -0.05) is 96.1 Å². The van der Waals surface area contributed by atoms with E-state index in [4.69, 9.17) is 18.1 Å². The molecule has 6 aromatic carbocycles. The largest absolute Gasteiger partial charge is 0.440 e. The molecule has 0 heterocycles. The molecule has 6 aromatic rings. The lowest BCUT2D eigenvalue weighted by atomic mass is 9.92. The van der Waals surface area contributed by atoms with Crippen molar-refractivity contribution in [2.24, 2.45) is 0 Å². The van der Waals surface area contributed by atoms with Crippen molar-refractivity contribution in [3.8, 4) is 34.1 Å². The van der Waals surface area contributed by atoms with Crippen molar-refractivity contribution in [2.75, 3.05) is 0 Å². The average Bonchev–Trinajstić information content (AvgIpc) is 2.99. The summed E-state index contributed by atoms with van der Waals surface area (Å²) in [4.78, 5) is 0. The summed E-state index contributed by atoms with van der Waals surface area (Å²) in [6, 6.07) is 37.3. The summed E-state index contributed by atoms with van der Waals surface area (Å²) < 4.78 is 25.0. The van der Waals surface area contributed by atoms with Gasteiger partial charge in [-0.15, -0.1) is 0 Å². The Hall–Kier alpha value is -4.10. The second-order valence-corrected chi connectivity index (χ2v) is 11.6. The molecule has 42 heavy (non-hydrogen) atoms. The fourth-order valence-corrected chi connectivity index (χ4v) is 6.48. The van der Waals surface area contributed by atoms with Gasteiger partial charge < -0.3 is 18.1 Å². The molecule has 0 amide bonds. The van der Waals surface area contributed by atoms with Crippen LogP contribution < -0.4 is 18.1 Å². The Kier molecular flexibility index (Phi) is 8.29. The number of hydrogen-bond acceptors (Lipinski definition) is 4. The van der Waals surface area contributed by atoms with Gasteiger partial charge in [0.05, 0.1) is 0 Å². The van der Waals surface area contributed by atoms with Gasteiger partial charge in [0.2, 0.25) is 0 Å². The Morgan fingerprint density at radius 3 is 1.21 bits per heavy atom. The highest BCUT2D eigenvalue weighted by Crippen LogP contribution is 2.48. The maximum absolute atomic E-state index is 6.41. The summed E-state index contributed by atoms with van der Waals surface area (Å²) in [5, 5.41) is 4.38. The van der Waals surface area contributed by atoms with Gasteiger partial charge in [0.1, 0.15) is 23.0 Å². The van der Waals surface area contributed by atoms with Crippen LogP contribution in [0, 0.1) is 27.7 Å². The van der Waals surface area contributed by atoms with E-state index < -0.39 is 0 Å². The van der Waals surface area contributed by atoms with Crippen LogP contribution in [-0.2, 0) is 0 Å². The zero-order chi connectivity index (χ0) is 29.1. The Labute approximate surface area is 250 Å². The standard InChI is InChI=1S/C36H32O4P2/c1-23-13-17-31(25(3)21-23)37-41-39-33-19-15-27-9-5-7-11-29(27)35(33)36-30-12-8-6-10-28(30)16-20-34(36)40-42-38-32-18-14-24(2)22-26(32)4/h5-22,41-42H,1-4H3. The monoisotopic (exact) mass is 590 g/mol. The second kappa shape index (κ2) is 12.4. The molecule has 0 aromatic heterocycles. The third-order valence-corrected chi connectivity index (χ3v) is 8.51. The molecule has 6 heteroatoms. The highest BCUT2D eigenvalue weighted by atomic mass is 31.1. The highest BCUT2D eigenvalue weighted by Gasteiger charge is 2.20. The summed E-state index contributed by atoms with van der Waals surface area (Å²) in [5.41, 5.74) is 6.50. The van der Waals surface area contributed by atoms with Gasteiger partial charge in [-0.2, -0.15) is 0 Å². The van der Waals surface area contributed by atoms with Crippen LogP contribution in [0.25, 0.3) is 32.7 Å². The van der Waals surface area contributed by atoms with E-state index >= 15 is 0 Å². The maximum Gasteiger partial charge on any atom is 0.275 e. The van der Waals surface area contributed by atoms with Gasteiger partial charge >= 0.3 is 0 Å². The molecule has 0 aliphatic carbocycles. The van der Waals surface area contributed by atoms with E-state index in [2.05, 4.69) is 113 Å². The number of aryl methyl sites for hydroxylation is 4. The Balaban J connectivity index is 1.40. The van der Waals surface area contributed by atoms with E-state index in [0.717, 1.165) is 66.8 Å². The molecule has 2 atom stereocenters. The molecule has 0 spiro atoms. The van der Waals surface area contributed by atoms with Crippen LogP contribution in [-0.4, -0.2) is 0 Å². The van der Waals surface area contributed by atoms with Crippen LogP contribution in [0.4, 0.5) is 0 Å². The molecular weight excluding hydrogens is 558 g/mol. The van der Waals surface area contributed by atoms with Crippen LogP contribution in [0.5, 0.6) is 23.0 Å². The normalized spacial score (nSPS) is 11.6. The first kappa shape index (κ1) is 28.0. The summed E-state index contributed by atoms with van der Waals surface area (Å²) in [6.07, 6.45) is 0. The van der Waals surface area contributed by atoms with Crippen LogP contribution in [0.3, 0.4) is 0 Å². The van der Waals surface area contributed by atoms with Gasteiger partial charge in [-0.05, 0) is 84.6 Å². The van der Waals surface area contributed by atoms with Gasteiger partial charge in [0.25, 0.3) is 18.1 Å². The summed E-state index contributed by atoms with van der Waals surface area (Å²) >= 11 is 0. The van der Waals surface area contributed by atoms with Gasteiger partial charge in [-0.3, -0.25) is 0 Å². The Morgan fingerprint density at radius 2 is 0.786 bits per heavy atom. The van der Waals surface area contributed by atoms with E-state index in [9.17, 15) is 0 Å². The lowest BCUT2D eigenvalue weighted by Crippen LogP contribution is -1.95. The number of rotatable bonds is 9. The predicted molar refractivity (Wildman–Crippen MR) is 178 cm³/mol. The number of fused-ring (bicyclic) bond motifs is 2. The van der Waals surface area contributed by atoms with Crippen LogP contribution in [0.2, 0.25) is 0 Å². The third kappa shape index (κ3) is 5.93. The quantitative estimate of drug-likeness (QED) is 0.157. The fraction of sp³-hybridized carbons (Fsp3) is 0.111. The molecule has 0 radical (unpaired) electrons. The van der Waals surface area contributed by atoms with Crippen LogP contribution in [0.1, 0.15) is 22.3 Å². The van der Waals surface area contributed by atoms with Crippen LogP contribution >= 0.6 is 18.1 Å². The SMILES string of the molecule is Cc1ccc(OPOc2ccc3ccccc3c2-c2c(OPOc3ccc(C)cc3C)ccc3ccccc23)c(C)c1. The Morgan fingerprint density at radius 1 is 0.405 bits per heavy atom. The minimum Gasteiger partial charge on any atom is -0.440 e. The second-order valence-electron chi connectivity index (χ2n) is 10.4. The molecule has 0 aliphatic heterocycles.